The maximum atomic E-state index is 11.1. The lowest BCUT2D eigenvalue weighted by molar-refractivity contribution is 0.112. The molecular weight excluding hydrogens is 250 g/mol. The lowest BCUT2D eigenvalue weighted by Gasteiger charge is -2.08. The number of carbonyl (C=O) groups excluding carboxylic acids is 1. The van der Waals surface area contributed by atoms with Gasteiger partial charge in [0.05, 0.1) is 12.7 Å². The molecule has 0 spiro atoms. The predicted molar refractivity (Wildman–Crippen MR) is 80.3 cm³/mol. The number of aldehydes is 1. The van der Waals surface area contributed by atoms with Crippen LogP contribution in [0.5, 0.6) is 5.75 Å². The largest absolute Gasteiger partial charge is 0.496 e. The lowest BCUT2D eigenvalue weighted by Crippen LogP contribution is -1.94. The minimum atomic E-state index is 0.565. The number of rotatable bonds is 3. The van der Waals surface area contributed by atoms with E-state index in [2.05, 4.69) is 22.8 Å². The third-order valence-corrected chi connectivity index (χ3v) is 3.60. The molecule has 20 heavy (non-hydrogen) atoms. The molecule has 0 unspecified atom stereocenters. The molecule has 2 aromatic carbocycles. The van der Waals surface area contributed by atoms with Gasteiger partial charge in [-0.15, -0.1) is 0 Å². The number of aromatic nitrogens is 1. The number of benzene rings is 2. The first kappa shape index (κ1) is 12.5. The van der Waals surface area contributed by atoms with Gasteiger partial charge in [-0.05, 0) is 35.9 Å². The van der Waals surface area contributed by atoms with Crippen LogP contribution in [0, 0.1) is 0 Å². The van der Waals surface area contributed by atoms with Crippen molar-refractivity contribution in [2.75, 3.05) is 7.11 Å². The van der Waals surface area contributed by atoms with Gasteiger partial charge in [-0.1, -0.05) is 18.2 Å². The molecule has 0 bridgehead atoms. The molecule has 0 N–H and O–H groups in total. The van der Waals surface area contributed by atoms with Gasteiger partial charge in [-0.25, -0.2) is 0 Å². The van der Waals surface area contributed by atoms with E-state index in [0.29, 0.717) is 11.3 Å². The van der Waals surface area contributed by atoms with Crippen LogP contribution in [0.3, 0.4) is 0 Å². The number of methoxy groups -OCH3 is 1. The van der Waals surface area contributed by atoms with Crippen LogP contribution in [0.15, 0.2) is 48.5 Å². The van der Waals surface area contributed by atoms with Crippen molar-refractivity contribution in [3.63, 3.8) is 0 Å². The first-order valence-electron chi connectivity index (χ1n) is 6.42. The third-order valence-electron chi connectivity index (χ3n) is 3.60. The monoisotopic (exact) mass is 265 g/mol. The molecule has 0 aliphatic heterocycles. The molecule has 1 heterocycles. The Kier molecular flexibility index (Phi) is 3.03. The van der Waals surface area contributed by atoms with Gasteiger partial charge in [0, 0.05) is 23.6 Å². The van der Waals surface area contributed by atoms with Crippen LogP contribution < -0.4 is 4.74 Å². The Balaban J connectivity index is 2.20. The molecule has 0 radical (unpaired) electrons. The molecule has 100 valence electrons. The zero-order chi connectivity index (χ0) is 14.1. The summed E-state index contributed by atoms with van der Waals surface area (Å²) in [6.45, 7) is 0. The van der Waals surface area contributed by atoms with E-state index in [1.54, 1.807) is 7.11 Å². The van der Waals surface area contributed by atoms with Crippen LogP contribution in [-0.4, -0.2) is 18.0 Å². The molecule has 0 aliphatic carbocycles. The zero-order valence-electron chi connectivity index (χ0n) is 11.5. The van der Waals surface area contributed by atoms with Crippen LogP contribution in [-0.2, 0) is 7.05 Å². The average Bonchev–Trinajstić information content (AvgIpc) is 2.84. The average molecular weight is 265 g/mol. The van der Waals surface area contributed by atoms with E-state index in [0.717, 1.165) is 17.5 Å². The van der Waals surface area contributed by atoms with Crippen molar-refractivity contribution in [2.45, 2.75) is 0 Å². The van der Waals surface area contributed by atoms with Gasteiger partial charge in [0.2, 0.25) is 0 Å². The van der Waals surface area contributed by atoms with E-state index in [1.165, 1.54) is 10.9 Å². The van der Waals surface area contributed by atoms with Crippen molar-refractivity contribution in [2.24, 2.45) is 7.05 Å². The summed E-state index contributed by atoms with van der Waals surface area (Å²) >= 11 is 0. The van der Waals surface area contributed by atoms with Gasteiger partial charge in [0.1, 0.15) is 5.75 Å². The van der Waals surface area contributed by atoms with Gasteiger partial charge in [0.15, 0.2) is 6.29 Å². The molecule has 0 amide bonds. The van der Waals surface area contributed by atoms with Gasteiger partial charge in [-0.3, -0.25) is 4.79 Å². The Hall–Kier alpha value is -2.55. The Morgan fingerprint density at radius 1 is 1.10 bits per heavy atom. The molecule has 0 saturated heterocycles. The molecule has 3 rings (SSSR count). The van der Waals surface area contributed by atoms with Gasteiger partial charge in [-0.2, -0.15) is 0 Å². The number of carbonyl (C=O) groups is 1. The highest BCUT2D eigenvalue weighted by Crippen LogP contribution is 2.29. The Morgan fingerprint density at radius 2 is 1.90 bits per heavy atom. The number of fused-ring (bicyclic) bond motifs is 1. The highest BCUT2D eigenvalue weighted by molar-refractivity contribution is 5.89. The van der Waals surface area contributed by atoms with E-state index in [9.17, 15) is 4.79 Å². The number of hydrogen-bond acceptors (Lipinski definition) is 2. The van der Waals surface area contributed by atoms with Gasteiger partial charge < -0.3 is 9.30 Å². The minimum Gasteiger partial charge on any atom is -0.496 e. The lowest BCUT2D eigenvalue weighted by atomic mass is 10.1. The molecule has 0 atom stereocenters. The highest BCUT2D eigenvalue weighted by atomic mass is 16.5. The fraction of sp³-hybridized carbons (Fsp3) is 0.118. The molecule has 0 aliphatic rings. The number of hydrogen-bond donors (Lipinski definition) is 0. The van der Waals surface area contributed by atoms with Gasteiger partial charge in [0.25, 0.3) is 0 Å². The Bertz CT molecular complexity index is 787. The summed E-state index contributed by atoms with van der Waals surface area (Å²) in [4.78, 5) is 11.1. The zero-order valence-corrected chi connectivity index (χ0v) is 11.5. The van der Waals surface area contributed by atoms with E-state index in [1.807, 2.05) is 37.4 Å². The SMILES string of the molecule is COc1ccc(-c2cc3ccccc3n2C)cc1C=O. The van der Waals surface area contributed by atoms with Crippen molar-refractivity contribution in [3.8, 4) is 17.0 Å². The second kappa shape index (κ2) is 4.85. The van der Waals surface area contributed by atoms with Crippen molar-refractivity contribution in [1.29, 1.82) is 0 Å². The van der Waals surface area contributed by atoms with E-state index in [4.69, 9.17) is 4.74 Å². The van der Waals surface area contributed by atoms with Crippen molar-refractivity contribution >= 4 is 17.2 Å². The summed E-state index contributed by atoms with van der Waals surface area (Å²) in [7, 11) is 3.60. The summed E-state index contributed by atoms with van der Waals surface area (Å²) in [6.07, 6.45) is 0.824. The summed E-state index contributed by atoms with van der Waals surface area (Å²) in [6, 6.07) is 16.0. The smallest absolute Gasteiger partial charge is 0.153 e. The standard InChI is InChI=1S/C17H15NO2/c1-18-15-6-4-3-5-12(15)10-16(18)13-7-8-17(20-2)14(9-13)11-19/h3-11H,1-2H3. The van der Waals surface area contributed by atoms with Crippen LogP contribution in [0.4, 0.5) is 0 Å². The minimum absolute atomic E-state index is 0.565. The first-order valence-corrected chi connectivity index (χ1v) is 6.42. The van der Waals surface area contributed by atoms with Crippen molar-refractivity contribution in [3.05, 3.63) is 54.1 Å². The maximum Gasteiger partial charge on any atom is 0.153 e. The molecule has 1 aromatic heterocycles. The molecule has 3 nitrogen and oxygen atoms in total. The third kappa shape index (κ3) is 1.88. The molecule has 0 saturated carbocycles. The molecule has 3 aromatic rings. The first-order chi connectivity index (χ1) is 9.74. The van der Waals surface area contributed by atoms with Crippen molar-refractivity contribution in [1.82, 2.24) is 4.57 Å². The fourth-order valence-electron chi connectivity index (χ4n) is 2.55. The summed E-state index contributed by atoms with van der Waals surface area (Å²) in [5.74, 6) is 0.600. The Morgan fingerprint density at radius 3 is 2.60 bits per heavy atom. The summed E-state index contributed by atoms with van der Waals surface area (Å²) in [5, 5.41) is 1.19. The van der Waals surface area contributed by atoms with E-state index in [-0.39, 0.29) is 0 Å². The molecule has 3 heteroatoms. The van der Waals surface area contributed by atoms with Crippen molar-refractivity contribution < 1.29 is 9.53 Å². The van der Waals surface area contributed by atoms with Crippen LogP contribution in [0.1, 0.15) is 10.4 Å². The second-order valence-electron chi connectivity index (χ2n) is 4.72. The van der Waals surface area contributed by atoms with Crippen LogP contribution in [0.25, 0.3) is 22.2 Å². The number of aryl methyl sites for hydroxylation is 1. The number of para-hydroxylation sites is 1. The normalized spacial score (nSPS) is 10.7. The number of nitrogens with zero attached hydrogens (tertiary/aromatic N) is 1. The Labute approximate surface area is 117 Å². The predicted octanol–water partition coefficient (Wildman–Crippen LogP) is 3.67. The molecule has 0 fully saturated rings. The topological polar surface area (TPSA) is 31.2 Å². The number of ether oxygens (including phenoxy) is 1. The van der Waals surface area contributed by atoms with Crippen LogP contribution >= 0.6 is 0 Å². The maximum absolute atomic E-state index is 11.1. The molecular formula is C17H15NO2. The quantitative estimate of drug-likeness (QED) is 0.677. The van der Waals surface area contributed by atoms with Gasteiger partial charge >= 0.3 is 0 Å². The summed E-state index contributed by atoms with van der Waals surface area (Å²) < 4.78 is 7.31. The summed E-state index contributed by atoms with van der Waals surface area (Å²) in [5.41, 5.74) is 3.82. The van der Waals surface area contributed by atoms with E-state index < -0.39 is 0 Å². The second-order valence-corrected chi connectivity index (χ2v) is 4.72. The van der Waals surface area contributed by atoms with Crippen LogP contribution in [0.2, 0.25) is 0 Å². The van der Waals surface area contributed by atoms with E-state index >= 15 is 0 Å². The highest BCUT2D eigenvalue weighted by Gasteiger charge is 2.10. The fourth-order valence-corrected chi connectivity index (χ4v) is 2.55.